The topological polar surface area (TPSA) is 181 Å². The Labute approximate surface area is 146 Å². The molecular formula is C14H13N6O6-. The molecule has 1 unspecified atom stereocenters. The Kier molecular flexibility index (Phi) is 5.08. The van der Waals surface area contributed by atoms with Crippen molar-refractivity contribution >= 4 is 34.8 Å². The summed E-state index contributed by atoms with van der Waals surface area (Å²) in [6.45, 7) is 1.39. The van der Waals surface area contributed by atoms with Crippen molar-refractivity contribution in [2.75, 3.05) is 5.32 Å². The van der Waals surface area contributed by atoms with E-state index >= 15 is 0 Å². The van der Waals surface area contributed by atoms with E-state index in [-0.39, 0.29) is 30.6 Å². The standard InChI is InChI=1S/C14H14N6O6/c1-2-14(13(23)24,19-11(21)5-6-12(19)22)16-9-4-3-8(17-18-15)7-10(9)20(25)26/h3-4,7,16H,2,5-6H2,1H3,(H,23,24)/p-1. The Bertz CT molecular complexity index is 832. The van der Waals surface area contributed by atoms with Gasteiger partial charge < -0.3 is 15.2 Å². The maximum atomic E-state index is 12.0. The fourth-order valence-electron chi connectivity index (χ4n) is 2.70. The largest absolute Gasteiger partial charge is 0.546 e. The number of hydrogen-bond acceptors (Lipinski definition) is 8. The average Bonchev–Trinajstić information content (AvgIpc) is 2.93. The second-order valence-corrected chi connectivity index (χ2v) is 5.40. The minimum Gasteiger partial charge on any atom is -0.546 e. The van der Waals surface area contributed by atoms with Crippen LogP contribution >= 0.6 is 0 Å². The third kappa shape index (κ3) is 3.13. The highest BCUT2D eigenvalue weighted by atomic mass is 16.6. The number of aliphatic carboxylic acids is 1. The van der Waals surface area contributed by atoms with Gasteiger partial charge in [0.15, 0.2) is 5.66 Å². The lowest BCUT2D eigenvalue weighted by Gasteiger charge is -2.41. The Morgan fingerprint density at radius 1 is 1.42 bits per heavy atom. The second kappa shape index (κ2) is 7.07. The van der Waals surface area contributed by atoms with Gasteiger partial charge in [0, 0.05) is 29.5 Å². The van der Waals surface area contributed by atoms with Gasteiger partial charge in [-0.2, -0.15) is 0 Å². The summed E-state index contributed by atoms with van der Waals surface area (Å²) in [6, 6.07) is 3.28. The number of benzene rings is 1. The summed E-state index contributed by atoms with van der Waals surface area (Å²) in [5.74, 6) is -3.22. The summed E-state index contributed by atoms with van der Waals surface area (Å²) in [7, 11) is 0. The molecule has 136 valence electrons. The molecule has 2 amide bonds. The molecule has 1 aliphatic rings. The molecule has 0 saturated carbocycles. The number of nitro groups is 1. The summed E-state index contributed by atoms with van der Waals surface area (Å²) >= 11 is 0. The Balaban J connectivity index is 2.58. The summed E-state index contributed by atoms with van der Waals surface area (Å²) < 4.78 is 0. The second-order valence-electron chi connectivity index (χ2n) is 5.40. The number of imide groups is 1. The maximum absolute atomic E-state index is 12.0. The highest BCUT2D eigenvalue weighted by Crippen LogP contribution is 2.35. The highest BCUT2D eigenvalue weighted by Gasteiger charge is 2.47. The fourth-order valence-corrected chi connectivity index (χ4v) is 2.70. The molecule has 1 fully saturated rings. The molecular weight excluding hydrogens is 348 g/mol. The first-order valence-electron chi connectivity index (χ1n) is 7.46. The predicted octanol–water partition coefficient (Wildman–Crippen LogP) is 0.954. The van der Waals surface area contributed by atoms with Crippen molar-refractivity contribution in [3.8, 4) is 0 Å². The zero-order valence-corrected chi connectivity index (χ0v) is 13.5. The third-order valence-corrected chi connectivity index (χ3v) is 3.96. The number of hydrogen-bond donors (Lipinski definition) is 1. The van der Waals surface area contributed by atoms with Crippen LogP contribution in [0.3, 0.4) is 0 Å². The number of anilines is 1. The number of rotatable bonds is 7. The van der Waals surface area contributed by atoms with E-state index in [2.05, 4.69) is 15.3 Å². The number of carboxylic acid groups (broad SMARTS) is 1. The van der Waals surface area contributed by atoms with E-state index < -0.39 is 34.1 Å². The smallest absolute Gasteiger partial charge is 0.292 e. The van der Waals surface area contributed by atoms with Crippen LogP contribution in [-0.2, 0) is 14.4 Å². The lowest BCUT2D eigenvalue weighted by molar-refractivity contribution is -0.384. The van der Waals surface area contributed by atoms with Crippen LogP contribution in [0.2, 0.25) is 0 Å². The minimum absolute atomic E-state index is 0.0615. The number of azide groups is 1. The molecule has 1 aliphatic heterocycles. The Morgan fingerprint density at radius 2 is 2.04 bits per heavy atom. The molecule has 12 heteroatoms. The SMILES string of the molecule is CCC(Nc1ccc(N=[N+]=[N-])cc1[N+](=O)[O-])(C(=O)[O-])N1C(=O)CCC1=O. The first-order chi connectivity index (χ1) is 12.3. The van der Waals surface area contributed by atoms with Crippen LogP contribution in [-0.4, -0.2) is 33.3 Å². The predicted molar refractivity (Wildman–Crippen MR) is 84.6 cm³/mol. The highest BCUT2D eigenvalue weighted by molar-refractivity contribution is 6.06. The van der Waals surface area contributed by atoms with E-state index in [4.69, 9.17) is 5.53 Å². The van der Waals surface area contributed by atoms with E-state index in [0.717, 1.165) is 12.1 Å². The molecule has 0 aliphatic carbocycles. The van der Waals surface area contributed by atoms with Crippen molar-refractivity contribution in [3.05, 3.63) is 38.8 Å². The van der Waals surface area contributed by atoms with E-state index in [1.165, 1.54) is 13.0 Å². The van der Waals surface area contributed by atoms with Crippen LogP contribution in [0.5, 0.6) is 0 Å². The summed E-state index contributed by atoms with van der Waals surface area (Å²) in [4.78, 5) is 49.4. The molecule has 2 rings (SSSR count). The van der Waals surface area contributed by atoms with Crippen LogP contribution < -0.4 is 10.4 Å². The van der Waals surface area contributed by atoms with Crippen LogP contribution in [0.1, 0.15) is 26.2 Å². The number of likely N-dealkylation sites (tertiary alicyclic amines) is 1. The molecule has 1 atom stereocenters. The summed E-state index contributed by atoms with van der Waals surface area (Å²) in [5.41, 5.74) is 5.22. The number of nitrogens with one attached hydrogen (secondary N) is 1. The maximum Gasteiger partial charge on any atom is 0.292 e. The molecule has 0 spiro atoms. The first kappa shape index (κ1) is 18.7. The first-order valence-corrected chi connectivity index (χ1v) is 7.46. The van der Waals surface area contributed by atoms with E-state index in [9.17, 15) is 29.6 Å². The monoisotopic (exact) mass is 361 g/mol. The number of nitro benzene ring substituents is 1. The van der Waals surface area contributed by atoms with Gasteiger partial charge in [-0.05, 0) is 18.0 Å². The van der Waals surface area contributed by atoms with Gasteiger partial charge >= 0.3 is 0 Å². The van der Waals surface area contributed by atoms with Crippen molar-refractivity contribution in [2.24, 2.45) is 5.11 Å². The average molecular weight is 361 g/mol. The lowest BCUT2D eigenvalue weighted by Crippen LogP contribution is -2.66. The quantitative estimate of drug-likeness (QED) is 0.187. The van der Waals surface area contributed by atoms with Gasteiger partial charge in [0.2, 0.25) is 11.8 Å². The Morgan fingerprint density at radius 3 is 2.50 bits per heavy atom. The van der Waals surface area contributed by atoms with Crippen molar-refractivity contribution in [1.82, 2.24) is 4.90 Å². The molecule has 1 aromatic rings. The van der Waals surface area contributed by atoms with Crippen LogP contribution in [0.15, 0.2) is 23.3 Å². The van der Waals surface area contributed by atoms with Crippen LogP contribution in [0.4, 0.5) is 17.1 Å². The third-order valence-electron chi connectivity index (χ3n) is 3.96. The normalized spacial score (nSPS) is 16.0. The zero-order valence-electron chi connectivity index (χ0n) is 13.5. The van der Waals surface area contributed by atoms with Crippen molar-refractivity contribution in [1.29, 1.82) is 0 Å². The fraction of sp³-hybridized carbons (Fsp3) is 0.357. The minimum atomic E-state index is -2.28. The van der Waals surface area contributed by atoms with E-state index in [0.29, 0.717) is 4.90 Å². The molecule has 12 nitrogen and oxygen atoms in total. The van der Waals surface area contributed by atoms with Crippen molar-refractivity contribution in [3.63, 3.8) is 0 Å². The summed E-state index contributed by atoms with van der Waals surface area (Å²) in [6.07, 6.45) is -0.608. The number of amides is 2. The van der Waals surface area contributed by atoms with Gasteiger partial charge in [0.1, 0.15) is 5.69 Å². The lowest BCUT2D eigenvalue weighted by atomic mass is 10.0. The number of carbonyl (C=O) groups excluding carboxylic acids is 3. The van der Waals surface area contributed by atoms with Crippen molar-refractivity contribution in [2.45, 2.75) is 31.8 Å². The van der Waals surface area contributed by atoms with Gasteiger partial charge in [0.05, 0.1) is 10.9 Å². The molecule has 26 heavy (non-hydrogen) atoms. The molecule has 0 aromatic heterocycles. The van der Waals surface area contributed by atoms with Crippen LogP contribution in [0.25, 0.3) is 10.4 Å². The molecule has 1 heterocycles. The van der Waals surface area contributed by atoms with E-state index in [1.54, 1.807) is 0 Å². The van der Waals surface area contributed by atoms with Crippen LogP contribution in [0, 0.1) is 10.1 Å². The Hall–Kier alpha value is -3.66. The molecule has 0 bridgehead atoms. The number of nitrogens with zero attached hydrogens (tertiary/aromatic N) is 5. The van der Waals surface area contributed by atoms with Crippen molar-refractivity contribution < 1.29 is 24.4 Å². The molecule has 1 aromatic carbocycles. The van der Waals surface area contributed by atoms with Gasteiger partial charge in [-0.1, -0.05) is 18.1 Å². The zero-order chi connectivity index (χ0) is 19.5. The molecule has 1 N–H and O–H groups in total. The van der Waals surface area contributed by atoms with Gasteiger partial charge in [-0.25, -0.2) is 0 Å². The molecule has 0 radical (unpaired) electrons. The van der Waals surface area contributed by atoms with E-state index in [1.807, 2.05) is 0 Å². The van der Waals surface area contributed by atoms with Gasteiger partial charge in [-0.15, -0.1) is 0 Å². The molecule has 1 saturated heterocycles. The van der Waals surface area contributed by atoms with Gasteiger partial charge in [0.25, 0.3) is 5.69 Å². The number of carboxylic acids is 1. The summed E-state index contributed by atoms with van der Waals surface area (Å²) in [5, 5.41) is 28.8. The van der Waals surface area contributed by atoms with Gasteiger partial charge in [-0.3, -0.25) is 24.6 Å². The number of carbonyl (C=O) groups is 3.